The van der Waals surface area contributed by atoms with Gasteiger partial charge in [-0.1, -0.05) is 5.16 Å². The molecule has 152 valence electrons. The lowest BCUT2D eigenvalue weighted by molar-refractivity contribution is -0.125. The number of aliphatic hydroxyl groups excluding tert-OH is 1. The zero-order valence-corrected chi connectivity index (χ0v) is 15.9. The van der Waals surface area contributed by atoms with Gasteiger partial charge in [0.05, 0.1) is 17.6 Å². The van der Waals surface area contributed by atoms with Crippen LogP contribution in [0.15, 0.2) is 28.8 Å². The van der Waals surface area contributed by atoms with E-state index in [4.69, 9.17) is 9.26 Å². The first-order valence-corrected chi connectivity index (χ1v) is 9.31. The minimum atomic E-state index is -0.439. The summed E-state index contributed by atoms with van der Waals surface area (Å²) in [6.45, 7) is 3.19. The molecule has 2 amide bonds. The molecule has 2 aromatic heterocycles. The zero-order valence-electron chi connectivity index (χ0n) is 15.9. The number of ether oxygens (including phenoxy) is 1. The van der Waals surface area contributed by atoms with E-state index in [1.165, 1.54) is 6.07 Å². The first-order chi connectivity index (χ1) is 14.1. The second-order valence-electron chi connectivity index (χ2n) is 6.71. The van der Waals surface area contributed by atoms with E-state index < -0.39 is 5.91 Å². The molecule has 3 heterocycles. The van der Waals surface area contributed by atoms with Crippen molar-refractivity contribution in [2.24, 2.45) is 0 Å². The molecule has 10 heteroatoms. The maximum absolute atomic E-state index is 12.5. The average molecular weight is 399 g/mol. The third-order valence-electron chi connectivity index (χ3n) is 4.66. The van der Waals surface area contributed by atoms with Gasteiger partial charge in [0.2, 0.25) is 5.95 Å². The van der Waals surface area contributed by atoms with E-state index in [-0.39, 0.29) is 24.8 Å². The van der Waals surface area contributed by atoms with Gasteiger partial charge in [0, 0.05) is 31.5 Å². The fourth-order valence-corrected chi connectivity index (χ4v) is 3.27. The standard InChI is InChI=1S/C19H21N5O5/c1-12-9-15(22-29-12)18(27)21-19-20-14-10-13(23-6-8-28-11-17(23)26)3-4-16(14)24(19)5-2-7-25/h3-4,9-10,25H,2,5-8,11H2,1H3,(H,20,21,27). The molecule has 1 saturated heterocycles. The Hall–Kier alpha value is -3.24. The van der Waals surface area contributed by atoms with Crippen molar-refractivity contribution in [3.63, 3.8) is 0 Å². The number of aryl methyl sites for hydroxylation is 2. The van der Waals surface area contributed by atoms with Crippen LogP contribution >= 0.6 is 0 Å². The van der Waals surface area contributed by atoms with E-state index in [9.17, 15) is 14.7 Å². The number of rotatable bonds is 6. The third kappa shape index (κ3) is 3.84. The highest BCUT2D eigenvalue weighted by Gasteiger charge is 2.22. The number of hydrogen-bond acceptors (Lipinski definition) is 7. The molecule has 1 aliphatic heterocycles. The summed E-state index contributed by atoms with van der Waals surface area (Å²) < 4.78 is 12.0. The Kier molecular flexibility index (Phi) is 5.28. The van der Waals surface area contributed by atoms with E-state index in [0.717, 1.165) is 11.2 Å². The van der Waals surface area contributed by atoms with Crippen LogP contribution in [0.1, 0.15) is 22.7 Å². The first kappa shape index (κ1) is 19.1. The van der Waals surface area contributed by atoms with Crippen molar-refractivity contribution in [1.29, 1.82) is 0 Å². The number of aliphatic hydroxyl groups is 1. The van der Waals surface area contributed by atoms with Crippen molar-refractivity contribution < 1.29 is 24.0 Å². The number of aromatic nitrogens is 3. The summed E-state index contributed by atoms with van der Waals surface area (Å²) in [7, 11) is 0. The predicted octanol–water partition coefficient (Wildman–Crippen LogP) is 1.33. The number of imidazole rings is 1. The monoisotopic (exact) mass is 399 g/mol. The highest BCUT2D eigenvalue weighted by atomic mass is 16.5. The number of carbonyl (C=O) groups excluding carboxylic acids is 2. The summed E-state index contributed by atoms with van der Waals surface area (Å²) in [6.07, 6.45) is 0.501. The molecule has 0 saturated carbocycles. The molecule has 29 heavy (non-hydrogen) atoms. The fourth-order valence-electron chi connectivity index (χ4n) is 3.27. The Morgan fingerprint density at radius 2 is 2.21 bits per heavy atom. The second-order valence-corrected chi connectivity index (χ2v) is 6.71. The minimum absolute atomic E-state index is 0.00983. The molecular formula is C19H21N5O5. The van der Waals surface area contributed by atoms with Crippen LogP contribution in [0.3, 0.4) is 0 Å². The predicted molar refractivity (Wildman–Crippen MR) is 104 cm³/mol. The molecule has 4 rings (SSSR count). The highest BCUT2D eigenvalue weighted by Crippen LogP contribution is 2.26. The van der Waals surface area contributed by atoms with Crippen LogP contribution in [0.25, 0.3) is 11.0 Å². The maximum Gasteiger partial charge on any atom is 0.280 e. The number of benzene rings is 1. The number of anilines is 2. The topological polar surface area (TPSA) is 123 Å². The quantitative estimate of drug-likeness (QED) is 0.641. The number of nitrogens with zero attached hydrogens (tertiary/aromatic N) is 4. The Balaban J connectivity index is 1.68. The summed E-state index contributed by atoms with van der Waals surface area (Å²) in [4.78, 5) is 30.8. The lowest BCUT2D eigenvalue weighted by Gasteiger charge is -2.26. The summed E-state index contributed by atoms with van der Waals surface area (Å²) >= 11 is 0. The van der Waals surface area contributed by atoms with Crippen LogP contribution in [0.2, 0.25) is 0 Å². The Bertz CT molecular complexity index is 1060. The molecule has 0 radical (unpaired) electrons. The van der Waals surface area contributed by atoms with Gasteiger partial charge < -0.3 is 23.8 Å². The van der Waals surface area contributed by atoms with Crippen molar-refractivity contribution in [2.75, 3.05) is 36.6 Å². The van der Waals surface area contributed by atoms with Crippen LogP contribution in [0, 0.1) is 6.92 Å². The smallest absolute Gasteiger partial charge is 0.280 e. The first-order valence-electron chi connectivity index (χ1n) is 9.31. The number of hydrogen-bond donors (Lipinski definition) is 2. The van der Waals surface area contributed by atoms with Gasteiger partial charge in [-0.2, -0.15) is 0 Å². The van der Waals surface area contributed by atoms with Crippen LogP contribution in [-0.4, -0.2) is 58.0 Å². The molecule has 2 N–H and O–H groups in total. The molecule has 0 spiro atoms. The van der Waals surface area contributed by atoms with Crippen LogP contribution in [0.5, 0.6) is 0 Å². The van der Waals surface area contributed by atoms with Gasteiger partial charge in [-0.3, -0.25) is 14.9 Å². The maximum atomic E-state index is 12.5. The molecule has 1 aromatic carbocycles. The van der Waals surface area contributed by atoms with E-state index >= 15 is 0 Å². The van der Waals surface area contributed by atoms with Crippen molar-refractivity contribution in [2.45, 2.75) is 19.9 Å². The van der Waals surface area contributed by atoms with Gasteiger partial charge in [0.15, 0.2) is 5.69 Å². The van der Waals surface area contributed by atoms with Gasteiger partial charge in [-0.05, 0) is 31.5 Å². The Morgan fingerprint density at radius 1 is 1.34 bits per heavy atom. The van der Waals surface area contributed by atoms with E-state index in [1.807, 2.05) is 22.8 Å². The number of fused-ring (bicyclic) bond motifs is 1. The van der Waals surface area contributed by atoms with E-state index in [2.05, 4.69) is 15.5 Å². The molecule has 3 aromatic rings. The van der Waals surface area contributed by atoms with Crippen LogP contribution < -0.4 is 10.2 Å². The molecule has 0 bridgehead atoms. The Morgan fingerprint density at radius 3 is 2.93 bits per heavy atom. The number of nitrogens with one attached hydrogen (secondary N) is 1. The van der Waals surface area contributed by atoms with Gasteiger partial charge >= 0.3 is 0 Å². The largest absolute Gasteiger partial charge is 0.396 e. The SMILES string of the molecule is Cc1cc(C(=O)Nc2nc3cc(N4CCOCC4=O)ccc3n2CCCO)no1. The van der Waals surface area contributed by atoms with Crippen LogP contribution in [0.4, 0.5) is 11.6 Å². The van der Waals surface area contributed by atoms with Crippen molar-refractivity contribution >= 4 is 34.5 Å². The lowest BCUT2D eigenvalue weighted by Crippen LogP contribution is -2.41. The fraction of sp³-hybridized carbons (Fsp3) is 0.368. The number of amides is 2. The molecule has 1 aliphatic rings. The highest BCUT2D eigenvalue weighted by molar-refractivity contribution is 6.03. The minimum Gasteiger partial charge on any atom is -0.396 e. The van der Waals surface area contributed by atoms with Crippen molar-refractivity contribution in [3.8, 4) is 0 Å². The molecular weight excluding hydrogens is 378 g/mol. The van der Waals surface area contributed by atoms with Gasteiger partial charge in [-0.25, -0.2) is 4.98 Å². The summed E-state index contributed by atoms with van der Waals surface area (Å²) in [5.41, 5.74) is 2.30. The van der Waals surface area contributed by atoms with Gasteiger partial charge in [0.25, 0.3) is 11.8 Å². The van der Waals surface area contributed by atoms with Gasteiger partial charge in [0.1, 0.15) is 12.4 Å². The van der Waals surface area contributed by atoms with Crippen molar-refractivity contribution in [3.05, 3.63) is 35.7 Å². The number of morpholine rings is 1. The van der Waals surface area contributed by atoms with E-state index in [0.29, 0.717) is 43.3 Å². The molecule has 10 nitrogen and oxygen atoms in total. The zero-order chi connectivity index (χ0) is 20.4. The lowest BCUT2D eigenvalue weighted by atomic mass is 10.2. The summed E-state index contributed by atoms with van der Waals surface area (Å²) in [6, 6.07) is 7.05. The second kappa shape index (κ2) is 8.02. The normalized spacial score (nSPS) is 14.6. The average Bonchev–Trinajstić information content (AvgIpc) is 3.29. The molecule has 0 aliphatic carbocycles. The summed E-state index contributed by atoms with van der Waals surface area (Å²) in [5, 5.41) is 15.7. The molecule has 0 unspecified atom stereocenters. The number of carbonyl (C=O) groups is 2. The van der Waals surface area contributed by atoms with E-state index in [1.54, 1.807) is 11.8 Å². The summed E-state index contributed by atoms with van der Waals surface area (Å²) in [5.74, 6) is 0.324. The van der Waals surface area contributed by atoms with Crippen molar-refractivity contribution in [1.82, 2.24) is 14.7 Å². The molecule has 0 atom stereocenters. The molecule has 1 fully saturated rings. The Labute approximate surface area is 166 Å². The van der Waals surface area contributed by atoms with Gasteiger partial charge in [-0.15, -0.1) is 0 Å². The third-order valence-corrected chi connectivity index (χ3v) is 4.66. The van der Waals surface area contributed by atoms with Crippen LogP contribution in [-0.2, 0) is 16.1 Å².